The molecule has 3 rings (SSSR count). The van der Waals surface area contributed by atoms with Gasteiger partial charge in [0.05, 0.1) is 7.11 Å². The van der Waals surface area contributed by atoms with E-state index in [9.17, 15) is 9.59 Å². The fourth-order valence-corrected chi connectivity index (χ4v) is 4.02. The van der Waals surface area contributed by atoms with Crippen LogP contribution in [0.3, 0.4) is 0 Å². The predicted molar refractivity (Wildman–Crippen MR) is 125 cm³/mol. The number of benzene rings is 2. The molecule has 1 aliphatic carbocycles. The average molecular weight is 439 g/mol. The summed E-state index contributed by atoms with van der Waals surface area (Å²) in [7, 11) is 1.60. The lowest BCUT2D eigenvalue weighted by atomic mass is 9.95. The maximum absolute atomic E-state index is 13.2. The lowest BCUT2D eigenvalue weighted by Gasteiger charge is -2.31. The highest BCUT2D eigenvalue weighted by Crippen LogP contribution is 2.20. The van der Waals surface area contributed by atoms with E-state index in [1.165, 1.54) is 6.42 Å². The summed E-state index contributed by atoms with van der Waals surface area (Å²) in [4.78, 5) is 27.8. The number of methoxy groups -OCH3 is 1. The van der Waals surface area contributed by atoms with E-state index in [0.29, 0.717) is 12.3 Å². The molecule has 0 spiro atoms. The number of ether oxygens (including phenoxy) is 2. The fraction of sp³-hybridized carbons (Fsp3) is 0.462. The molecule has 1 atom stereocenters. The molecule has 0 aliphatic heterocycles. The smallest absolute Gasteiger partial charge is 0.261 e. The summed E-state index contributed by atoms with van der Waals surface area (Å²) in [5.41, 5.74) is 2.10. The van der Waals surface area contributed by atoms with Crippen molar-refractivity contribution >= 4 is 11.8 Å². The van der Waals surface area contributed by atoms with E-state index >= 15 is 0 Å². The van der Waals surface area contributed by atoms with E-state index < -0.39 is 6.04 Å². The van der Waals surface area contributed by atoms with Gasteiger partial charge in [-0.3, -0.25) is 9.59 Å². The van der Waals surface area contributed by atoms with Crippen molar-refractivity contribution in [2.45, 2.75) is 64.6 Å². The quantitative estimate of drug-likeness (QED) is 0.636. The van der Waals surface area contributed by atoms with E-state index in [-0.39, 0.29) is 24.5 Å². The highest BCUT2D eigenvalue weighted by atomic mass is 16.5. The van der Waals surface area contributed by atoms with Crippen molar-refractivity contribution in [2.75, 3.05) is 13.7 Å². The van der Waals surface area contributed by atoms with Gasteiger partial charge in [0, 0.05) is 12.6 Å². The summed E-state index contributed by atoms with van der Waals surface area (Å²) in [5.74, 6) is 0.964. The molecule has 0 saturated heterocycles. The Morgan fingerprint density at radius 1 is 1.03 bits per heavy atom. The van der Waals surface area contributed by atoms with Crippen LogP contribution in [-0.2, 0) is 16.1 Å². The first-order valence-electron chi connectivity index (χ1n) is 11.4. The van der Waals surface area contributed by atoms with Gasteiger partial charge in [0.1, 0.15) is 17.5 Å². The minimum absolute atomic E-state index is 0.108. The summed E-state index contributed by atoms with van der Waals surface area (Å²) in [6.45, 7) is 4.02. The van der Waals surface area contributed by atoms with Crippen LogP contribution < -0.4 is 14.8 Å². The highest BCUT2D eigenvalue weighted by Gasteiger charge is 2.28. The minimum atomic E-state index is -0.594. The lowest BCUT2D eigenvalue weighted by Crippen LogP contribution is -2.51. The summed E-state index contributed by atoms with van der Waals surface area (Å²) < 4.78 is 10.9. The molecule has 1 saturated carbocycles. The zero-order valence-corrected chi connectivity index (χ0v) is 19.3. The molecule has 32 heavy (non-hydrogen) atoms. The number of amides is 2. The van der Waals surface area contributed by atoms with Gasteiger partial charge in [-0.15, -0.1) is 0 Å². The van der Waals surface area contributed by atoms with Gasteiger partial charge in [-0.1, -0.05) is 43.5 Å². The van der Waals surface area contributed by atoms with Gasteiger partial charge in [0.25, 0.3) is 5.91 Å². The van der Waals surface area contributed by atoms with E-state index in [2.05, 4.69) is 5.32 Å². The molecular formula is C26H34N2O4. The van der Waals surface area contributed by atoms with E-state index in [4.69, 9.17) is 9.47 Å². The SMILES string of the molecule is COc1ccc(OCC(=O)N(Cc2ccccc2C)[C@H](C)C(=O)NC2CCCCC2)cc1. The van der Waals surface area contributed by atoms with Gasteiger partial charge in [0.2, 0.25) is 5.91 Å². The van der Waals surface area contributed by atoms with Gasteiger partial charge in [0.15, 0.2) is 6.61 Å². The van der Waals surface area contributed by atoms with E-state index in [1.54, 1.807) is 43.2 Å². The molecule has 1 N–H and O–H groups in total. The van der Waals surface area contributed by atoms with Crippen molar-refractivity contribution in [3.63, 3.8) is 0 Å². The Hall–Kier alpha value is -3.02. The Kier molecular flexibility index (Phi) is 8.54. The largest absolute Gasteiger partial charge is 0.497 e. The second-order valence-corrected chi connectivity index (χ2v) is 8.43. The van der Waals surface area contributed by atoms with Crippen molar-refractivity contribution in [2.24, 2.45) is 0 Å². The molecule has 1 aliphatic rings. The second kappa shape index (κ2) is 11.6. The molecule has 0 bridgehead atoms. The monoisotopic (exact) mass is 438 g/mol. The Balaban J connectivity index is 1.70. The van der Waals surface area contributed by atoms with Gasteiger partial charge in [-0.05, 0) is 62.1 Å². The Bertz CT molecular complexity index is 891. The van der Waals surface area contributed by atoms with Crippen LogP contribution in [0.25, 0.3) is 0 Å². The Labute approximate surface area is 190 Å². The van der Waals surface area contributed by atoms with E-state index in [1.807, 2.05) is 31.2 Å². The molecule has 0 radical (unpaired) electrons. The molecule has 2 amide bonds. The van der Waals surface area contributed by atoms with E-state index in [0.717, 1.165) is 42.6 Å². The van der Waals surface area contributed by atoms with Gasteiger partial charge >= 0.3 is 0 Å². The topological polar surface area (TPSA) is 67.9 Å². The number of hydrogen-bond donors (Lipinski definition) is 1. The summed E-state index contributed by atoms with van der Waals surface area (Å²) in [6, 6.07) is 14.6. The molecule has 6 heteroatoms. The third kappa shape index (κ3) is 6.49. The number of nitrogens with one attached hydrogen (secondary N) is 1. The second-order valence-electron chi connectivity index (χ2n) is 8.43. The molecular weight excluding hydrogens is 404 g/mol. The standard InChI is InChI=1S/C26H34N2O4/c1-19-9-7-8-10-21(19)17-28(20(2)26(30)27-22-11-5-4-6-12-22)25(29)18-32-24-15-13-23(31-3)14-16-24/h7-10,13-16,20,22H,4-6,11-12,17-18H2,1-3H3,(H,27,30)/t20-/m1/s1. The Morgan fingerprint density at radius 2 is 1.69 bits per heavy atom. The minimum Gasteiger partial charge on any atom is -0.497 e. The number of carbonyl (C=O) groups is 2. The van der Waals surface area contributed by atoms with Crippen molar-refractivity contribution in [3.05, 3.63) is 59.7 Å². The van der Waals surface area contributed by atoms with Crippen LogP contribution >= 0.6 is 0 Å². The highest BCUT2D eigenvalue weighted by molar-refractivity contribution is 5.88. The van der Waals surface area contributed by atoms with Crippen LogP contribution in [0.1, 0.15) is 50.2 Å². The molecule has 0 aromatic heterocycles. The van der Waals surface area contributed by atoms with Crippen molar-refractivity contribution in [3.8, 4) is 11.5 Å². The van der Waals surface area contributed by atoms with Crippen LogP contribution in [0, 0.1) is 6.92 Å². The Morgan fingerprint density at radius 3 is 2.34 bits per heavy atom. The van der Waals surface area contributed by atoms with Crippen LogP contribution in [0.4, 0.5) is 0 Å². The predicted octanol–water partition coefficient (Wildman–Crippen LogP) is 4.25. The van der Waals surface area contributed by atoms with Crippen molar-refractivity contribution < 1.29 is 19.1 Å². The molecule has 0 unspecified atom stereocenters. The summed E-state index contributed by atoms with van der Waals surface area (Å²) in [6.07, 6.45) is 5.51. The van der Waals surface area contributed by atoms with Crippen LogP contribution in [0.2, 0.25) is 0 Å². The molecule has 172 valence electrons. The molecule has 1 fully saturated rings. The zero-order chi connectivity index (χ0) is 22.9. The lowest BCUT2D eigenvalue weighted by molar-refractivity contribution is -0.142. The fourth-order valence-electron chi connectivity index (χ4n) is 4.02. The maximum atomic E-state index is 13.2. The average Bonchev–Trinajstić information content (AvgIpc) is 2.82. The van der Waals surface area contributed by atoms with Crippen molar-refractivity contribution in [1.82, 2.24) is 10.2 Å². The van der Waals surface area contributed by atoms with Gasteiger partial charge in [-0.25, -0.2) is 0 Å². The molecule has 2 aromatic carbocycles. The normalized spacial score (nSPS) is 15.0. The first-order chi connectivity index (χ1) is 15.5. The zero-order valence-electron chi connectivity index (χ0n) is 19.3. The molecule has 0 heterocycles. The van der Waals surface area contributed by atoms with Crippen LogP contribution in [0.5, 0.6) is 11.5 Å². The molecule has 6 nitrogen and oxygen atoms in total. The number of rotatable bonds is 9. The first kappa shape index (κ1) is 23.6. The summed E-state index contributed by atoms with van der Waals surface area (Å²) in [5, 5.41) is 3.15. The number of hydrogen-bond acceptors (Lipinski definition) is 4. The third-order valence-corrected chi connectivity index (χ3v) is 6.14. The maximum Gasteiger partial charge on any atom is 0.261 e. The summed E-state index contributed by atoms with van der Waals surface area (Å²) >= 11 is 0. The van der Waals surface area contributed by atoms with Gasteiger partial charge in [-0.2, -0.15) is 0 Å². The number of nitrogens with zero attached hydrogens (tertiary/aromatic N) is 1. The number of carbonyl (C=O) groups excluding carboxylic acids is 2. The third-order valence-electron chi connectivity index (χ3n) is 6.14. The number of aryl methyl sites for hydroxylation is 1. The van der Waals surface area contributed by atoms with Crippen LogP contribution in [-0.4, -0.2) is 42.5 Å². The van der Waals surface area contributed by atoms with Gasteiger partial charge < -0.3 is 19.7 Å². The first-order valence-corrected chi connectivity index (χ1v) is 11.4. The van der Waals surface area contributed by atoms with Crippen molar-refractivity contribution in [1.29, 1.82) is 0 Å². The molecule has 2 aromatic rings. The van der Waals surface area contributed by atoms with Crippen LogP contribution in [0.15, 0.2) is 48.5 Å².